The second-order valence-electron chi connectivity index (χ2n) is 7.72. The Balaban J connectivity index is 1.28. The zero-order valence-electron chi connectivity index (χ0n) is 17.9. The van der Waals surface area contributed by atoms with Gasteiger partial charge in [0.1, 0.15) is 5.82 Å². The highest BCUT2D eigenvalue weighted by Crippen LogP contribution is 2.27. The van der Waals surface area contributed by atoms with Crippen LogP contribution in [0.25, 0.3) is 11.0 Å². The van der Waals surface area contributed by atoms with Crippen molar-refractivity contribution in [3.63, 3.8) is 0 Å². The van der Waals surface area contributed by atoms with Crippen molar-refractivity contribution in [1.82, 2.24) is 9.97 Å². The number of carbonyl (C=O) groups is 1. The van der Waals surface area contributed by atoms with Gasteiger partial charge in [0.25, 0.3) is 5.91 Å². The minimum absolute atomic E-state index is 0.269. The van der Waals surface area contributed by atoms with Gasteiger partial charge in [0, 0.05) is 30.1 Å². The maximum absolute atomic E-state index is 14.7. The highest BCUT2D eigenvalue weighted by Gasteiger charge is 2.17. The number of carbonyl (C=O) groups excluding carboxylic acids is 1. The normalized spacial score (nSPS) is 13.9. The number of nitrogens with zero attached hydrogens (tertiary/aromatic N) is 2. The number of aromatic amines is 1. The number of ether oxygens (including phenoxy) is 1. The van der Waals surface area contributed by atoms with E-state index in [0.29, 0.717) is 49.0 Å². The molecule has 2 heterocycles. The lowest BCUT2D eigenvalue weighted by molar-refractivity contribution is 0.102. The molecule has 4 aromatic rings. The number of aromatic nitrogens is 2. The number of benzene rings is 3. The predicted octanol–water partition coefficient (Wildman–Crippen LogP) is 5.08. The Morgan fingerprint density at radius 3 is 2.70 bits per heavy atom. The summed E-state index contributed by atoms with van der Waals surface area (Å²) in [6, 6.07) is 20.1. The number of nitrogens with one attached hydrogen (secondary N) is 2. The molecule has 1 aromatic heterocycles. The Morgan fingerprint density at radius 2 is 1.88 bits per heavy atom. The molecule has 1 fully saturated rings. The number of imidazole rings is 1. The molecule has 5 rings (SSSR count). The highest BCUT2D eigenvalue weighted by molar-refractivity contribution is 7.98. The summed E-state index contributed by atoms with van der Waals surface area (Å²) in [6.07, 6.45) is 0. The molecule has 3 aromatic carbocycles. The summed E-state index contributed by atoms with van der Waals surface area (Å²) >= 11 is 1.53. The van der Waals surface area contributed by atoms with Gasteiger partial charge in [-0.05, 0) is 42.0 Å². The van der Waals surface area contributed by atoms with Crippen LogP contribution in [-0.4, -0.2) is 42.2 Å². The van der Waals surface area contributed by atoms with E-state index in [1.54, 1.807) is 18.2 Å². The number of para-hydroxylation sites is 2. The molecular formula is C25H23FN4O2S. The number of hydrogen-bond donors (Lipinski definition) is 2. The number of morpholine rings is 1. The minimum atomic E-state index is -0.358. The van der Waals surface area contributed by atoms with Crippen molar-refractivity contribution in [2.75, 3.05) is 36.5 Å². The third-order valence-corrected chi connectivity index (χ3v) is 6.47. The molecule has 6 nitrogen and oxygen atoms in total. The summed E-state index contributed by atoms with van der Waals surface area (Å²) in [5.41, 5.74) is 4.28. The first-order valence-corrected chi connectivity index (χ1v) is 11.7. The van der Waals surface area contributed by atoms with Crippen LogP contribution in [0.4, 0.5) is 15.8 Å². The van der Waals surface area contributed by atoms with Crippen molar-refractivity contribution in [3.8, 4) is 0 Å². The predicted molar refractivity (Wildman–Crippen MR) is 129 cm³/mol. The Morgan fingerprint density at radius 1 is 1.09 bits per heavy atom. The van der Waals surface area contributed by atoms with E-state index in [0.717, 1.165) is 21.8 Å². The van der Waals surface area contributed by atoms with Crippen molar-refractivity contribution in [1.29, 1.82) is 0 Å². The fourth-order valence-corrected chi connectivity index (χ4v) is 4.74. The largest absolute Gasteiger partial charge is 0.378 e. The molecule has 0 saturated carbocycles. The first-order valence-electron chi connectivity index (χ1n) is 10.8. The van der Waals surface area contributed by atoms with E-state index < -0.39 is 0 Å². The van der Waals surface area contributed by atoms with E-state index in [4.69, 9.17) is 4.74 Å². The van der Waals surface area contributed by atoms with E-state index >= 15 is 0 Å². The smallest absolute Gasteiger partial charge is 0.255 e. The molecule has 0 unspecified atom stereocenters. The summed E-state index contributed by atoms with van der Waals surface area (Å²) in [5.74, 6) is -0.0500. The summed E-state index contributed by atoms with van der Waals surface area (Å²) in [5, 5.41) is 3.63. The Kier molecular flexibility index (Phi) is 6.28. The second-order valence-corrected chi connectivity index (χ2v) is 8.69. The first-order chi connectivity index (χ1) is 16.2. The number of amides is 1. The van der Waals surface area contributed by atoms with Gasteiger partial charge in [0.2, 0.25) is 0 Å². The number of fused-ring (bicyclic) bond motifs is 1. The molecule has 0 aliphatic carbocycles. The van der Waals surface area contributed by atoms with E-state index in [1.807, 2.05) is 47.4 Å². The van der Waals surface area contributed by atoms with Gasteiger partial charge in [-0.2, -0.15) is 0 Å². The van der Waals surface area contributed by atoms with E-state index in [9.17, 15) is 9.18 Å². The van der Waals surface area contributed by atoms with Crippen molar-refractivity contribution >= 4 is 40.1 Å². The molecule has 1 amide bonds. The van der Waals surface area contributed by atoms with E-state index in [2.05, 4.69) is 15.3 Å². The maximum Gasteiger partial charge on any atom is 0.255 e. The van der Waals surface area contributed by atoms with Crippen LogP contribution < -0.4 is 10.2 Å². The van der Waals surface area contributed by atoms with E-state index in [1.165, 1.54) is 17.8 Å². The number of rotatable bonds is 6. The SMILES string of the molecule is O=C(Nc1ccc(N2CCOCC2)c(F)c1)c1ccccc1CSc1nc2ccccc2[nH]1. The molecule has 0 radical (unpaired) electrons. The Bertz CT molecular complexity index is 1250. The summed E-state index contributed by atoms with van der Waals surface area (Å²) in [4.78, 5) is 22.8. The molecular weight excluding hydrogens is 439 g/mol. The lowest BCUT2D eigenvalue weighted by Crippen LogP contribution is -2.36. The van der Waals surface area contributed by atoms with Gasteiger partial charge in [-0.1, -0.05) is 42.1 Å². The zero-order valence-corrected chi connectivity index (χ0v) is 18.7. The topological polar surface area (TPSA) is 70.2 Å². The van der Waals surface area contributed by atoms with Crippen molar-refractivity contribution < 1.29 is 13.9 Å². The second kappa shape index (κ2) is 9.64. The first kappa shape index (κ1) is 21.5. The van der Waals surface area contributed by atoms with Crippen LogP contribution in [0.3, 0.4) is 0 Å². The van der Waals surface area contributed by atoms with Gasteiger partial charge in [0.05, 0.1) is 29.9 Å². The fourth-order valence-electron chi connectivity index (χ4n) is 3.86. The third-order valence-electron chi connectivity index (χ3n) is 5.55. The zero-order chi connectivity index (χ0) is 22.6. The number of thioether (sulfide) groups is 1. The molecule has 1 aliphatic rings. The molecule has 0 bridgehead atoms. The average Bonchev–Trinajstić information content (AvgIpc) is 3.27. The van der Waals surface area contributed by atoms with Gasteiger partial charge in [-0.15, -0.1) is 0 Å². The van der Waals surface area contributed by atoms with Crippen LogP contribution in [0.15, 0.2) is 71.9 Å². The van der Waals surface area contributed by atoms with Gasteiger partial charge >= 0.3 is 0 Å². The number of hydrogen-bond acceptors (Lipinski definition) is 5. The number of anilines is 2. The molecule has 2 N–H and O–H groups in total. The monoisotopic (exact) mass is 462 g/mol. The molecule has 1 saturated heterocycles. The van der Waals surface area contributed by atoms with Crippen molar-refractivity contribution in [2.24, 2.45) is 0 Å². The summed E-state index contributed by atoms with van der Waals surface area (Å²) < 4.78 is 20.0. The number of H-pyrrole nitrogens is 1. The Labute approximate surface area is 195 Å². The average molecular weight is 463 g/mol. The third kappa shape index (κ3) is 4.86. The highest BCUT2D eigenvalue weighted by atomic mass is 32.2. The van der Waals surface area contributed by atoms with Gasteiger partial charge in [-0.3, -0.25) is 4.79 Å². The maximum atomic E-state index is 14.7. The Hall–Kier alpha value is -3.36. The molecule has 8 heteroatoms. The molecule has 1 aliphatic heterocycles. The number of halogens is 1. The molecule has 0 spiro atoms. The van der Waals surface area contributed by atoms with Gasteiger partial charge < -0.3 is 19.9 Å². The molecule has 33 heavy (non-hydrogen) atoms. The molecule has 168 valence electrons. The lowest BCUT2D eigenvalue weighted by Gasteiger charge is -2.29. The van der Waals surface area contributed by atoms with Crippen LogP contribution in [-0.2, 0) is 10.5 Å². The quantitative estimate of drug-likeness (QED) is 0.391. The van der Waals surface area contributed by atoms with E-state index in [-0.39, 0.29) is 11.7 Å². The van der Waals surface area contributed by atoms with Crippen LogP contribution in [0.2, 0.25) is 0 Å². The van der Waals surface area contributed by atoms with Crippen LogP contribution in [0, 0.1) is 5.82 Å². The standard InChI is InChI=1S/C25H23FN4O2S/c26-20-15-18(9-10-23(20)30-11-13-32-14-12-30)27-24(31)19-6-2-1-5-17(19)16-33-25-28-21-7-3-4-8-22(21)29-25/h1-10,15H,11-14,16H2,(H,27,31)(H,28,29). The van der Waals surface area contributed by atoms with Crippen molar-refractivity contribution in [3.05, 3.63) is 83.7 Å². The minimum Gasteiger partial charge on any atom is -0.378 e. The van der Waals surface area contributed by atoms with Crippen LogP contribution in [0.5, 0.6) is 0 Å². The van der Waals surface area contributed by atoms with Gasteiger partial charge in [0.15, 0.2) is 5.16 Å². The lowest BCUT2D eigenvalue weighted by atomic mass is 10.1. The van der Waals surface area contributed by atoms with Crippen LogP contribution in [0.1, 0.15) is 15.9 Å². The fraction of sp³-hybridized carbons (Fsp3) is 0.200. The van der Waals surface area contributed by atoms with Crippen LogP contribution >= 0.6 is 11.8 Å². The summed E-state index contributed by atoms with van der Waals surface area (Å²) in [6.45, 7) is 2.47. The molecule has 0 atom stereocenters. The van der Waals surface area contributed by atoms with Crippen molar-refractivity contribution in [2.45, 2.75) is 10.9 Å². The summed E-state index contributed by atoms with van der Waals surface area (Å²) in [7, 11) is 0. The van der Waals surface area contributed by atoms with Gasteiger partial charge in [-0.25, -0.2) is 9.37 Å².